The first-order chi connectivity index (χ1) is 16.6. The lowest BCUT2D eigenvalue weighted by molar-refractivity contribution is 0.287. The molecule has 3 aromatic carbocycles. The third-order valence-corrected chi connectivity index (χ3v) is 6.06. The van der Waals surface area contributed by atoms with Crippen LogP contribution < -0.4 is 10.5 Å². The molecule has 5 nitrogen and oxygen atoms in total. The number of rotatable bonds is 7. The Balaban J connectivity index is 1.47. The molecule has 0 saturated carbocycles. The third-order valence-electron chi connectivity index (χ3n) is 5.83. The summed E-state index contributed by atoms with van der Waals surface area (Å²) in [4.78, 5) is 4.77. The number of halogens is 1. The smallest absolute Gasteiger partial charge is 0.138 e. The van der Waals surface area contributed by atoms with Crippen molar-refractivity contribution in [3.05, 3.63) is 101 Å². The van der Waals surface area contributed by atoms with Gasteiger partial charge in [-0.15, -0.1) is 0 Å². The van der Waals surface area contributed by atoms with Gasteiger partial charge >= 0.3 is 0 Å². The fourth-order valence-electron chi connectivity index (χ4n) is 4.10. The van der Waals surface area contributed by atoms with Crippen LogP contribution in [-0.2, 0) is 6.42 Å². The maximum atomic E-state index is 6.34. The number of hydrogen-bond donors (Lipinski definition) is 2. The number of aromatic amines is 1. The first-order valence-electron chi connectivity index (χ1n) is 11.2. The van der Waals surface area contributed by atoms with Crippen molar-refractivity contribution in [1.29, 1.82) is 0 Å². The number of fused-ring (bicyclic) bond motifs is 1. The van der Waals surface area contributed by atoms with Gasteiger partial charge in [0.1, 0.15) is 12.4 Å². The number of benzene rings is 3. The molecule has 170 valence electrons. The van der Waals surface area contributed by atoms with Gasteiger partial charge in [-0.05, 0) is 54.8 Å². The summed E-state index contributed by atoms with van der Waals surface area (Å²) in [7, 11) is 0. The van der Waals surface area contributed by atoms with Gasteiger partial charge in [0.25, 0.3) is 0 Å². The molecule has 1 atom stereocenters. The quantitative estimate of drug-likeness (QED) is 0.298. The van der Waals surface area contributed by atoms with Crippen LogP contribution in [0.25, 0.3) is 33.3 Å². The van der Waals surface area contributed by atoms with E-state index in [1.165, 1.54) is 5.56 Å². The van der Waals surface area contributed by atoms with Crippen LogP contribution in [-0.4, -0.2) is 27.8 Å². The van der Waals surface area contributed by atoms with E-state index in [2.05, 4.69) is 34.5 Å². The Morgan fingerprint density at radius 1 is 0.971 bits per heavy atom. The molecule has 0 saturated heterocycles. The van der Waals surface area contributed by atoms with Crippen molar-refractivity contribution < 1.29 is 4.74 Å². The van der Waals surface area contributed by atoms with Crippen LogP contribution in [0.3, 0.4) is 0 Å². The van der Waals surface area contributed by atoms with E-state index in [0.717, 1.165) is 45.4 Å². The number of nitrogens with two attached hydrogens (primary N) is 1. The first-order valence-corrected chi connectivity index (χ1v) is 11.6. The zero-order valence-electron chi connectivity index (χ0n) is 18.8. The Hall–Kier alpha value is -3.67. The molecule has 6 heteroatoms. The van der Waals surface area contributed by atoms with Crippen LogP contribution >= 0.6 is 11.6 Å². The van der Waals surface area contributed by atoms with Gasteiger partial charge < -0.3 is 10.5 Å². The minimum atomic E-state index is -0.122. The molecule has 0 bridgehead atoms. The molecule has 5 aromatic rings. The van der Waals surface area contributed by atoms with E-state index in [4.69, 9.17) is 27.1 Å². The summed E-state index contributed by atoms with van der Waals surface area (Å²) < 4.78 is 6.08. The summed E-state index contributed by atoms with van der Waals surface area (Å²) in [5, 5.41) is 9.13. The van der Waals surface area contributed by atoms with Crippen LogP contribution in [0.5, 0.6) is 5.75 Å². The van der Waals surface area contributed by atoms with Crippen molar-refractivity contribution >= 4 is 22.5 Å². The molecule has 0 fully saturated rings. The lowest BCUT2D eigenvalue weighted by atomic mass is 9.98. The summed E-state index contributed by atoms with van der Waals surface area (Å²) in [6, 6.07) is 26.0. The maximum Gasteiger partial charge on any atom is 0.138 e. The lowest BCUT2D eigenvalue weighted by Crippen LogP contribution is -2.30. The summed E-state index contributed by atoms with van der Waals surface area (Å²) in [5.41, 5.74) is 13.2. The molecule has 2 heterocycles. The highest BCUT2D eigenvalue weighted by Crippen LogP contribution is 2.35. The van der Waals surface area contributed by atoms with Crippen molar-refractivity contribution in [3.63, 3.8) is 0 Å². The Morgan fingerprint density at radius 2 is 1.82 bits per heavy atom. The average molecular weight is 469 g/mol. The van der Waals surface area contributed by atoms with E-state index in [1.54, 1.807) is 6.20 Å². The van der Waals surface area contributed by atoms with E-state index in [-0.39, 0.29) is 6.04 Å². The van der Waals surface area contributed by atoms with E-state index >= 15 is 0 Å². The van der Waals surface area contributed by atoms with E-state index in [0.29, 0.717) is 17.4 Å². The molecule has 3 N–H and O–H groups in total. The Kier molecular flexibility index (Phi) is 6.30. The second-order valence-electron chi connectivity index (χ2n) is 8.41. The molecule has 0 aliphatic heterocycles. The molecule has 0 aliphatic rings. The van der Waals surface area contributed by atoms with E-state index in [9.17, 15) is 0 Å². The highest BCUT2D eigenvalue weighted by atomic mass is 35.5. The molecule has 5 rings (SSSR count). The Bertz CT molecular complexity index is 1430. The SMILES string of the molecule is Cc1n[nH]c2ccc(-c3cc(OC[C@@H](N)Cc4ccccc4)cnc3-c3cccc(Cl)c3)cc12. The van der Waals surface area contributed by atoms with Gasteiger partial charge in [0.2, 0.25) is 0 Å². The van der Waals surface area contributed by atoms with Crippen LogP contribution in [0, 0.1) is 6.92 Å². The second-order valence-corrected chi connectivity index (χ2v) is 8.84. The largest absolute Gasteiger partial charge is 0.490 e. The van der Waals surface area contributed by atoms with Gasteiger partial charge in [-0.2, -0.15) is 5.10 Å². The number of ether oxygens (including phenoxy) is 1. The first kappa shape index (κ1) is 22.1. The third kappa shape index (κ3) is 4.81. The number of nitrogens with zero attached hydrogens (tertiary/aromatic N) is 2. The normalized spacial score (nSPS) is 12.1. The van der Waals surface area contributed by atoms with Crippen molar-refractivity contribution in [2.45, 2.75) is 19.4 Å². The van der Waals surface area contributed by atoms with Crippen molar-refractivity contribution in [3.8, 4) is 28.1 Å². The molecular weight excluding hydrogens is 444 g/mol. The van der Waals surface area contributed by atoms with Gasteiger partial charge in [-0.25, -0.2) is 0 Å². The van der Waals surface area contributed by atoms with E-state index < -0.39 is 0 Å². The molecule has 0 aliphatic carbocycles. The standard InChI is InChI=1S/C28H25ClN4O/c1-18-25-14-20(10-11-27(25)33-32-18)26-15-24(16-31-28(26)21-8-5-9-22(29)13-21)34-17-23(30)12-19-6-3-2-4-7-19/h2-11,13-16,23H,12,17,30H2,1H3,(H,32,33)/t23-/m0/s1. The molecule has 0 spiro atoms. The number of aryl methyl sites for hydroxylation is 1. The van der Waals surface area contributed by atoms with Crippen molar-refractivity contribution in [1.82, 2.24) is 15.2 Å². The van der Waals surface area contributed by atoms with Crippen molar-refractivity contribution in [2.24, 2.45) is 5.73 Å². The number of aromatic nitrogens is 3. The minimum Gasteiger partial charge on any atom is -0.490 e. The molecular formula is C28H25ClN4O. The van der Waals surface area contributed by atoms with Crippen LogP contribution in [0.1, 0.15) is 11.3 Å². The predicted molar refractivity (Wildman–Crippen MR) is 138 cm³/mol. The highest BCUT2D eigenvalue weighted by Gasteiger charge is 2.14. The van der Waals surface area contributed by atoms with Gasteiger partial charge in [-0.3, -0.25) is 10.1 Å². The van der Waals surface area contributed by atoms with E-state index in [1.807, 2.05) is 61.5 Å². The van der Waals surface area contributed by atoms with Crippen LogP contribution in [0.4, 0.5) is 0 Å². The fourth-order valence-corrected chi connectivity index (χ4v) is 4.29. The van der Waals surface area contributed by atoms with Crippen LogP contribution in [0.15, 0.2) is 85.1 Å². The van der Waals surface area contributed by atoms with Crippen LogP contribution in [0.2, 0.25) is 5.02 Å². The fraction of sp³-hybridized carbons (Fsp3) is 0.143. The summed E-state index contributed by atoms with van der Waals surface area (Å²) in [6.07, 6.45) is 2.49. The number of nitrogens with one attached hydrogen (secondary N) is 1. The number of H-pyrrole nitrogens is 1. The van der Waals surface area contributed by atoms with Gasteiger partial charge in [-0.1, -0.05) is 60.1 Å². The summed E-state index contributed by atoms with van der Waals surface area (Å²) in [5.74, 6) is 0.674. The lowest BCUT2D eigenvalue weighted by Gasteiger charge is -2.16. The molecule has 0 radical (unpaired) electrons. The Labute approximate surface area is 203 Å². The number of pyridine rings is 1. The highest BCUT2D eigenvalue weighted by molar-refractivity contribution is 6.30. The maximum absolute atomic E-state index is 6.34. The zero-order valence-corrected chi connectivity index (χ0v) is 19.6. The second kappa shape index (κ2) is 9.67. The van der Waals surface area contributed by atoms with Gasteiger partial charge in [0.15, 0.2) is 0 Å². The Morgan fingerprint density at radius 3 is 2.65 bits per heavy atom. The summed E-state index contributed by atoms with van der Waals surface area (Å²) in [6.45, 7) is 2.39. The molecule has 0 unspecified atom stereocenters. The monoisotopic (exact) mass is 468 g/mol. The average Bonchev–Trinajstić information content (AvgIpc) is 3.23. The van der Waals surface area contributed by atoms with Crippen molar-refractivity contribution in [2.75, 3.05) is 6.61 Å². The number of hydrogen-bond acceptors (Lipinski definition) is 4. The molecule has 34 heavy (non-hydrogen) atoms. The molecule has 0 amide bonds. The predicted octanol–water partition coefficient (Wildman–Crippen LogP) is 6.20. The molecule has 2 aromatic heterocycles. The summed E-state index contributed by atoms with van der Waals surface area (Å²) >= 11 is 6.28. The topological polar surface area (TPSA) is 76.8 Å². The zero-order chi connectivity index (χ0) is 23.5. The minimum absolute atomic E-state index is 0.122. The van der Waals surface area contributed by atoms with Gasteiger partial charge in [0.05, 0.1) is 23.1 Å². The van der Waals surface area contributed by atoms with Gasteiger partial charge in [0, 0.05) is 27.6 Å².